The lowest BCUT2D eigenvalue weighted by Crippen LogP contribution is -2.44. The first-order valence-corrected chi connectivity index (χ1v) is 11.8. The summed E-state index contributed by atoms with van der Waals surface area (Å²) in [6.07, 6.45) is 5.66. The Balaban J connectivity index is 0.00000480. The van der Waals surface area contributed by atoms with Gasteiger partial charge < -0.3 is 20.3 Å². The van der Waals surface area contributed by atoms with E-state index in [1.54, 1.807) is 4.90 Å². The zero-order chi connectivity index (χ0) is 22.1. The molecule has 3 atom stereocenters. The van der Waals surface area contributed by atoms with E-state index < -0.39 is 0 Å². The van der Waals surface area contributed by atoms with Gasteiger partial charge in [-0.3, -0.25) is 14.7 Å². The molecule has 0 radical (unpaired) electrons. The summed E-state index contributed by atoms with van der Waals surface area (Å²) in [4.78, 5) is 21.3. The molecule has 0 aromatic rings. The number of nitrogens with one attached hydrogen (secondary N) is 2. The van der Waals surface area contributed by atoms with E-state index in [1.807, 2.05) is 14.1 Å². The molecule has 8 heteroatoms. The second-order valence-corrected chi connectivity index (χ2v) is 9.99. The average Bonchev–Trinajstić information content (AvgIpc) is 3.16. The maximum absolute atomic E-state index is 12.3. The zero-order valence-corrected chi connectivity index (χ0v) is 22.9. The van der Waals surface area contributed by atoms with Gasteiger partial charge in [0.2, 0.25) is 5.91 Å². The van der Waals surface area contributed by atoms with Gasteiger partial charge >= 0.3 is 0 Å². The fourth-order valence-corrected chi connectivity index (χ4v) is 4.70. The van der Waals surface area contributed by atoms with Crippen molar-refractivity contribution >= 4 is 35.8 Å². The highest BCUT2D eigenvalue weighted by Gasteiger charge is 2.35. The lowest BCUT2D eigenvalue weighted by molar-refractivity contribution is -0.133. The largest absolute Gasteiger partial charge is 0.377 e. The molecule has 2 saturated heterocycles. The number of likely N-dealkylation sites (tertiary alicyclic amines) is 1. The molecule has 0 aromatic carbocycles. The van der Waals surface area contributed by atoms with Gasteiger partial charge in [0.05, 0.1) is 12.1 Å². The van der Waals surface area contributed by atoms with Crippen LogP contribution in [0.2, 0.25) is 0 Å². The maximum atomic E-state index is 12.3. The number of likely N-dealkylation sites (N-methyl/N-ethyl adjacent to an activating group) is 1. The lowest BCUT2D eigenvalue weighted by atomic mass is 9.78. The van der Waals surface area contributed by atoms with E-state index in [9.17, 15) is 4.79 Å². The minimum absolute atomic E-state index is 0. The number of rotatable bonds is 8. The minimum atomic E-state index is 0. The smallest absolute Gasteiger partial charge is 0.239 e. The van der Waals surface area contributed by atoms with Crippen molar-refractivity contribution in [3.8, 4) is 0 Å². The fourth-order valence-electron chi connectivity index (χ4n) is 4.70. The first kappa shape index (κ1) is 28.4. The SMILES string of the molecule is CCNC(=NCC1CCCOC1C(C)(C)C)NCCCN1CCCC1C(=O)N(C)C.I. The summed E-state index contributed by atoms with van der Waals surface area (Å²) >= 11 is 0. The molecule has 2 rings (SSSR count). The molecule has 2 N–H and O–H groups in total. The summed E-state index contributed by atoms with van der Waals surface area (Å²) in [5, 5.41) is 6.85. The fraction of sp³-hybridized carbons (Fsp3) is 0.913. The molecule has 3 unspecified atom stereocenters. The quantitative estimate of drug-likeness (QED) is 0.210. The standard InChI is InChI=1S/C23H45N5O2.HI/c1-7-24-22(26-17-18-11-9-16-30-20(18)23(2,3)4)25-13-10-15-28-14-8-12-19(28)21(29)27(5)6;/h18-20H,7-17H2,1-6H3,(H2,24,25,26);1H. The van der Waals surface area contributed by atoms with Crippen molar-refractivity contribution < 1.29 is 9.53 Å². The van der Waals surface area contributed by atoms with Gasteiger partial charge in [0.15, 0.2) is 5.96 Å². The van der Waals surface area contributed by atoms with Gasteiger partial charge in [-0.15, -0.1) is 24.0 Å². The Kier molecular flexibility index (Phi) is 12.7. The van der Waals surface area contributed by atoms with Gasteiger partial charge in [-0.2, -0.15) is 0 Å². The maximum Gasteiger partial charge on any atom is 0.239 e. The Hall–Kier alpha value is -0.610. The van der Waals surface area contributed by atoms with E-state index >= 15 is 0 Å². The molecule has 31 heavy (non-hydrogen) atoms. The normalized spacial score (nSPS) is 25.1. The highest BCUT2D eigenvalue weighted by molar-refractivity contribution is 14.0. The third kappa shape index (κ3) is 9.04. The molecule has 2 fully saturated rings. The second kappa shape index (κ2) is 13.8. The van der Waals surface area contributed by atoms with Gasteiger partial charge in [0.25, 0.3) is 0 Å². The first-order chi connectivity index (χ1) is 14.2. The van der Waals surface area contributed by atoms with Crippen molar-refractivity contribution in [2.75, 3.05) is 53.4 Å². The van der Waals surface area contributed by atoms with E-state index in [-0.39, 0.29) is 47.4 Å². The number of nitrogens with zero attached hydrogens (tertiary/aromatic N) is 3. The van der Waals surface area contributed by atoms with Gasteiger partial charge in [0, 0.05) is 52.8 Å². The summed E-state index contributed by atoms with van der Waals surface area (Å²) in [6, 6.07) is 0.0579. The molecule has 7 nitrogen and oxygen atoms in total. The lowest BCUT2D eigenvalue weighted by Gasteiger charge is -2.39. The Morgan fingerprint density at radius 1 is 1.19 bits per heavy atom. The van der Waals surface area contributed by atoms with Crippen molar-refractivity contribution in [3.05, 3.63) is 0 Å². The van der Waals surface area contributed by atoms with Crippen molar-refractivity contribution in [1.29, 1.82) is 0 Å². The van der Waals surface area contributed by atoms with Crippen LogP contribution in [-0.2, 0) is 9.53 Å². The molecule has 1 amide bonds. The van der Waals surface area contributed by atoms with E-state index in [1.165, 1.54) is 6.42 Å². The highest BCUT2D eigenvalue weighted by Crippen LogP contribution is 2.34. The van der Waals surface area contributed by atoms with E-state index in [0.717, 1.165) is 71.0 Å². The van der Waals surface area contributed by atoms with Crippen molar-refractivity contribution in [3.63, 3.8) is 0 Å². The van der Waals surface area contributed by atoms with Crippen LogP contribution >= 0.6 is 24.0 Å². The number of hydrogen-bond acceptors (Lipinski definition) is 4. The molecular formula is C23H46IN5O2. The van der Waals surface area contributed by atoms with E-state index in [0.29, 0.717) is 5.92 Å². The summed E-state index contributed by atoms with van der Waals surface area (Å²) in [5.41, 5.74) is 0.142. The molecule has 0 aromatic heterocycles. The molecule has 2 aliphatic heterocycles. The predicted octanol–water partition coefficient (Wildman–Crippen LogP) is 2.94. The predicted molar refractivity (Wildman–Crippen MR) is 139 cm³/mol. The number of hydrogen-bond donors (Lipinski definition) is 2. The highest BCUT2D eigenvalue weighted by atomic mass is 127. The molecule has 0 spiro atoms. The molecule has 2 aliphatic rings. The van der Waals surface area contributed by atoms with Crippen molar-refractivity contribution in [1.82, 2.24) is 20.4 Å². The Morgan fingerprint density at radius 2 is 1.94 bits per heavy atom. The topological polar surface area (TPSA) is 69.2 Å². The monoisotopic (exact) mass is 551 g/mol. The Morgan fingerprint density at radius 3 is 2.58 bits per heavy atom. The van der Waals surface area contributed by atoms with Gasteiger partial charge in [0.1, 0.15) is 0 Å². The van der Waals surface area contributed by atoms with Crippen LogP contribution in [-0.4, -0.2) is 87.2 Å². The zero-order valence-electron chi connectivity index (χ0n) is 20.6. The summed E-state index contributed by atoms with van der Waals surface area (Å²) < 4.78 is 6.10. The number of carbonyl (C=O) groups is 1. The van der Waals surface area contributed by atoms with Crippen LogP contribution in [0, 0.1) is 11.3 Å². The van der Waals surface area contributed by atoms with Crippen LogP contribution in [0.5, 0.6) is 0 Å². The average molecular weight is 552 g/mol. The molecule has 0 bridgehead atoms. The second-order valence-electron chi connectivity index (χ2n) is 9.99. The van der Waals surface area contributed by atoms with Gasteiger partial charge in [-0.25, -0.2) is 0 Å². The van der Waals surface area contributed by atoms with Crippen LogP contribution in [0.15, 0.2) is 4.99 Å². The summed E-state index contributed by atoms with van der Waals surface area (Å²) in [6.45, 7) is 14.2. The van der Waals surface area contributed by atoms with Crippen molar-refractivity contribution in [2.45, 2.75) is 71.9 Å². The molecular weight excluding hydrogens is 505 g/mol. The van der Waals surface area contributed by atoms with Crippen molar-refractivity contribution in [2.24, 2.45) is 16.3 Å². The molecule has 182 valence electrons. The molecule has 2 heterocycles. The van der Waals surface area contributed by atoms with Crippen LogP contribution in [0.1, 0.15) is 59.8 Å². The molecule has 0 saturated carbocycles. The number of guanidine groups is 1. The number of halogens is 1. The Bertz CT molecular complexity index is 565. The third-order valence-corrected chi connectivity index (χ3v) is 6.13. The first-order valence-electron chi connectivity index (χ1n) is 11.8. The van der Waals surface area contributed by atoms with Crippen LogP contribution in [0.25, 0.3) is 0 Å². The minimum Gasteiger partial charge on any atom is -0.377 e. The van der Waals surface area contributed by atoms with E-state index in [4.69, 9.17) is 9.73 Å². The summed E-state index contributed by atoms with van der Waals surface area (Å²) in [7, 11) is 3.70. The van der Waals surface area contributed by atoms with Crippen LogP contribution in [0.4, 0.5) is 0 Å². The van der Waals surface area contributed by atoms with Crippen LogP contribution in [0.3, 0.4) is 0 Å². The number of carbonyl (C=O) groups excluding carboxylic acids is 1. The van der Waals surface area contributed by atoms with E-state index in [2.05, 4.69) is 43.2 Å². The Labute approximate surface area is 207 Å². The summed E-state index contributed by atoms with van der Waals surface area (Å²) in [5.74, 6) is 1.59. The van der Waals surface area contributed by atoms with Crippen LogP contribution < -0.4 is 10.6 Å². The molecule has 0 aliphatic carbocycles. The number of ether oxygens (including phenoxy) is 1. The number of aliphatic imine (C=N–C) groups is 1. The van der Waals surface area contributed by atoms with Gasteiger partial charge in [-0.1, -0.05) is 20.8 Å². The number of amides is 1. The van der Waals surface area contributed by atoms with Gasteiger partial charge in [-0.05, 0) is 51.0 Å². The third-order valence-electron chi connectivity index (χ3n) is 6.13.